The summed E-state index contributed by atoms with van der Waals surface area (Å²) in [5.74, 6) is 0. The van der Waals surface area contributed by atoms with Crippen LogP contribution in [0.3, 0.4) is 0 Å². The van der Waals surface area contributed by atoms with Crippen LogP contribution in [0, 0.1) is 34.0 Å². The van der Waals surface area contributed by atoms with Gasteiger partial charge in [-0.05, 0) is 74.5 Å². The van der Waals surface area contributed by atoms with E-state index in [2.05, 4.69) is 61.7 Å². The van der Waals surface area contributed by atoms with Crippen LogP contribution in [-0.4, -0.2) is 0 Å². The fraction of sp³-hybridized carbons (Fsp3) is 0.372. The van der Waals surface area contributed by atoms with Crippen LogP contribution >= 0.6 is 22.7 Å². The van der Waals surface area contributed by atoms with E-state index in [1.54, 1.807) is 11.3 Å². The highest BCUT2D eigenvalue weighted by Gasteiger charge is 2.28. The minimum Gasteiger partial charge on any atom is -0.192 e. The molecule has 0 atom stereocenters. The Kier molecular flexibility index (Phi) is 9.50. The molecule has 0 spiro atoms. The van der Waals surface area contributed by atoms with Gasteiger partial charge in [0, 0.05) is 30.9 Å². The molecule has 0 aliphatic heterocycles. The van der Waals surface area contributed by atoms with Gasteiger partial charge in [0.2, 0.25) is 0 Å². The van der Waals surface area contributed by atoms with Gasteiger partial charge in [0.1, 0.15) is 23.8 Å². The Morgan fingerprint density at radius 1 is 0.562 bits per heavy atom. The van der Waals surface area contributed by atoms with Gasteiger partial charge in [0.25, 0.3) is 0 Å². The quantitative estimate of drug-likeness (QED) is 0.0622. The first kappa shape index (κ1) is 32.3. The van der Waals surface area contributed by atoms with Crippen molar-refractivity contribution in [2.24, 2.45) is 0 Å². The molecule has 2 heterocycles. The second-order valence-electron chi connectivity index (χ2n) is 13.4. The van der Waals surface area contributed by atoms with Crippen LogP contribution in [0.2, 0.25) is 0 Å². The van der Waals surface area contributed by atoms with Crippen LogP contribution < -0.4 is 0 Å². The predicted molar refractivity (Wildman–Crippen MR) is 208 cm³/mol. The molecule has 2 aromatic heterocycles. The lowest BCUT2D eigenvalue weighted by Gasteiger charge is -2.09. The number of fused-ring (bicyclic) bond motifs is 8. The maximum atomic E-state index is 10.3. The lowest BCUT2D eigenvalue weighted by molar-refractivity contribution is 0.608. The van der Waals surface area contributed by atoms with E-state index >= 15 is 0 Å². The van der Waals surface area contributed by atoms with Gasteiger partial charge in [-0.2, -0.15) is 15.8 Å². The molecule has 240 valence electrons. The standard InChI is InChI=1S/C43H41N3S2/c1-3-5-7-9-11-13-17-27-26-47-42-35(27)29-19-15-22-32-36(29)39(42)31-21-16-20-30-37(31)40(32)43-38(30)33(18-14-12-10-8-6-4-2)41(48-43)34(25-46)28(23-44)24-45/h15-16,19-22,26H,3-14,17-18H2,1-2H3. The van der Waals surface area contributed by atoms with Crippen molar-refractivity contribution in [2.75, 3.05) is 0 Å². The van der Waals surface area contributed by atoms with Crippen LogP contribution in [0.15, 0.2) is 47.4 Å². The number of nitrogens with zero attached hydrogens (tertiary/aromatic N) is 3. The molecule has 0 bridgehead atoms. The van der Waals surface area contributed by atoms with E-state index < -0.39 is 0 Å². The monoisotopic (exact) mass is 663 g/mol. The molecular weight excluding hydrogens is 623 g/mol. The van der Waals surface area contributed by atoms with Gasteiger partial charge < -0.3 is 0 Å². The molecule has 0 aliphatic rings. The molecule has 0 radical (unpaired) electrons. The largest absolute Gasteiger partial charge is 0.192 e. The van der Waals surface area contributed by atoms with Crippen LogP contribution in [0.5, 0.6) is 0 Å². The highest BCUT2D eigenvalue weighted by atomic mass is 32.1. The highest BCUT2D eigenvalue weighted by molar-refractivity contribution is 7.22. The lowest BCUT2D eigenvalue weighted by atomic mass is 9.96. The minimum absolute atomic E-state index is 0.0946. The van der Waals surface area contributed by atoms with E-state index in [4.69, 9.17) is 0 Å². The molecule has 3 nitrogen and oxygen atoms in total. The van der Waals surface area contributed by atoms with Gasteiger partial charge in [-0.25, -0.2) is 0 Å². The third-order valence-corrected chi connectivity index (χ3v) is 12.7. The number of hydrogen-bond acceptors (Lipinski definition) is 5. The summed E-state index contributed by atoms with van der Waals surface area (Å²) < 4.78 is 2.60. The first-order valence-electron chi connectivity index (χ1n) is 17.9. The van der Waals surface area contributed by atoms with Crippen molar-refractivity contribution in [3.05, 3.63) is 63.4 Å². The number of unbranched alkanes of at least 4 members (excludes halogenated alkanes) is 10. The Morgan fingerprint density at radius 2 is 1.08 bits per heavy atom. The van der Waals surface area contributed by atoms with Crippen molar-refractivity contribution in [3.63, 3.8) is 0 Å². The lowest BCUT2D eigenvalue weighted by Crippen LogP contribution is -1.92. The number of benzene rings is 3. The summed E-state index contributed by atoms with van der Waals surface area (Å²) in [5, 5.41) is 45.5. The first-order chi connectivity index (χ1) is 23.7. The second-order valence-corrected chi connectivity index (χ2v) is 15.3. The maximum Gasteiger partial charge on any atom is 0.148 e. The molecule has 0 amide bonds. The number of hydrogen-bond donors (Lipinski definition) is 0. The summed E-state index contributed by atoms with van der Waals surface area (Å²) >= 11 is 3.53. The van der Waals surface area contributed by atoms with Crippen LogP contribution in [0.25, 0.3) is 68.8 Å². The third kappa shape index (κ3) is 5.28. The van der Waals surface area contributed by atoms with Gasteiger partial charge >= 0.3 is 0 Å². The summed E-state index contributed by atoms with van der Waals surface area (Å²) in [7, 11) is 0. The zero-order valence-electron chi connectivity index (χ0n) is 28.1. The molecule has 0 aliphatic carbocycles. The summed E-state index contributed by atoms with van der Waals surface area (Å²) in [4.78, 5) is 0.806. The second kappa shape index (κ2) is 14.1. The van der Waals surface area contributed by atoms with Gasteiger partial charge in [0.15, 0.2) is 0 Å². The van der Waals surface area contributed by atoms with Crippen molar-refractivity contribution in [1.29, 1.82) is 15.8 Å². The first-order valence-corrected chi connectivity index (χ1v) is 19.6. The molecule has 0 unspecified atom stereocenters. The van der Waals surface area contributed by atoms with Crippen molar-refractivity contribution >= 4 is 91.5 Å². The maximum absolute atomic E-state index is 10.3. The number of nitriles is 3. The Balaban J connectivity index is 1.45. The van der Waals surface area contributed by atoms with Gasteiger partial charge in [0.05, 0.1) is 10.5 Å². The van der Waals surface area contributed by atoms with E-state index in [1.165, 1.54) is 133 Å². The molecule has 0 N–H and O–H groups in total. The molecule has 0 saturated heterocycles. The Labute approximate surface area is 291 Å². The smallest absolute Gasteiger partial charge is 0.148 e. The Bertz CT molecular complexity index is 2400. The molecule has 5 aromatic carbocycles. The third-order valence-electron chi connectivity index (χ3n) is 10.4. The van der Waals surface area contributed by atoms with Crippen molar-refractivity contribution in [2.45, 2.75) is 104 Å². The van der Waals surface area contributed by atoms with Crippen molar-refractivity contribution in [3.8, 4) is 18.2 Å². The topological polar surface area (TPSA) is 71.4 Å². The van der Waals surface area contributed by atoms with Crippen molar-refractivity contribution < 1.29 is 0 Å². The molecular formula is C43H41N3S2. The Hall–Kier alpha value is -4.21. The molecule has 7 rings (SSSR count). The summed E-state index contributed by atoms with van der Waals surface area (Å²) in [6.07, 6.45) is 16.9. The van der Waals surface area contributed by atoms with E-state index in [0.717, 1.165) is 36.1 Å². The van der Waals surface area contributed by atoms with Gasteiger partial charge in [-0.15, -0.1) is 22.7 Å². The molecule has 5 heteroatoms. The van der Waals surface area contributed by atoms with Crippen LogP contribution in [0.1, 0.15) is 107 Å². The van der Waals surface area contributed by atoms with E-state index in [9.17, 15) is 15.8 Å². The SMILES string of the molecule is CCCCCCCCc1csc2c1c1cccc3c1c2c1cccc2c4c(CCCCCCCC)c(C(C#N)=C(C#N)C#N)sc4c3c21. The van der Waals surface area contributed by atoms with E-state index in [0.29, 0.717) is 0 Å². The molecule has 48 heavy (non-hydrogen) atoms. The molecule has 0 fully saturated rings. The van der Waals surface area contributed by atoms with E-state index in [1.807, 2.05) is 23.5 Å². The van der Waals surface area contributed by atoms with Gasteiger partial charge in [-0.1, -0.05) is 114 Å². The summed E-state index contributed by atoms with van der Waals surface area (Å²) in [6.45, 7) is 4.51. The molecule has 0 saturated carbocycles. The number of aryl methyl sites for hydroxylation is 2. The summed E-state index contributed by atoms with van der Waals surface area (Å²) in [6, 6.07) is 19.9. The zero-order chi connectivity index (χ0) is 33.2. The summed E-state index contributed by atoms with van der Waals surface area (Å²) in [5.41, 5.74) is 2.75. The normalized spacial score (nSPS) is 11.8. The number of allylic oxidation sites excluding steroid dienone is 2. The highest BCUT2D eigenvalue weighted by Crippen LogP contribution is 2.55. The van der Waals surface area contributed by atoms with Gasteiger partial charge in [-0.3, -0.25) is 0 Å². The Morgan fingerprint density at radius 3 is 1.67 bits per heavy atom. The number of rotatable bonds is 15. The van der Waals surface area contributed by atoms with Crippen LogP contribution in [0.4, 0.5) is 0 Å². The van der Waals surface area contributed by atoms with E-state index in [-0.39, 0.29) is 11.1 Å². The fourth-order valence-electron chi connectivity index (χ4n) is 8.18. The minimum atomic E-state index is -0.0946. The molecule has 7 aromatic rings. The number of thiophene rings is 2. The average molecular weight is 664 g/mol. The fourth-order valence-corrected chi connectivity index (χ4v) is 10.8. The predicted octanol–water partition coefficient (Wildman–Crippen LogP) is 13.7. The van der Waals surface area contributed by atoms with Crippen LogP contribution in [-0.2, 0) is 12.8 Å². The average Bonchev–Trinajstić information content (AvgIpc) is 3.86. The van der Waals surface area contributed by atoms with Crippen molar-refractivity contribution in [1.82, 2.24) is 0 Å². The zero-order valence-corrected chi connectivity index (χ0v) is 29.7.